The molecule has 1 aromatic carbocycles. The largest absolute Gasteiger partial charge is 0.332 e. The van der Waals surface area contributed by atoms with Gasteiger partial charge in [0.05, 0.1) is 11.2 Å². The number of nitrogens with one attached hydrogen (secondary N) is 2. The van der Waals surface area contributed by atoms with Gasteiger partial charge < -0.3 is 5.32 Å². The number of aromatic nitrogens is 2. The summed E-state index contributed by atoms with van der Waals surface area (Å²) in [4.78, 5) is 12.2. The van der Waals surface area contributed by atoms with Gasteiger partial charge in [-0.3, -0.25) is 14.8 Å². The third-order valence-corrected chi connectivity index (χ3v) is 3.84. The smallest absolute Gasteiger partial charge is 0.277 e. The van der Waals surface area contributed by atoms with Crippen LogP contribution in [0.3, 0.4) is 0 Å². The highest BCUT2D eigenvalue weighted by Gasteiger charge is 2.17. The van der Waals surface area contributed by atoms with Gasteiger partial charge in [-0.1, -0.05) is 11.6 Å². The van der Waals surface area contributed by atoms with Crippen molar-refractivity contribution in [1.29, 1.82) is 0 Å². The molecule has 0 saturated carbocycles. The Morgan fingerprint density at radius 1 is 1.43 bits per heavy atom. The third-order valence-electron chi connectivity index (χ3n) is 2.64. The molecule has 8 heteroatoms. The van der Waals surface area contributed by atoms with Crippen LogP contribution < -0.4 is 10.6 Å². The Balaban J connectivity index is 2.03. The van der Waals surface area contributed by atoms with Gasteiger partial charge in [-0.25, -0.2) is 0 Å². The van der Waals surface area contributed by atoms with Gasteiger partial charge in [-0.05, 0) is 66.0 Å². The molecule has 5 nitrogen and oxygen atoms in total. The van der Waals surface area contributed by atoms with E-state index in [4.69, 9.17) is 23.8 Å². The number of carbonyl (C=O) groups excluding carboxylic acids is 1. The van der Waals surface area contributed by atoms with Gasteiger partial charge in [0.15, 0.2) is 5.11 Å². The van der Waals surface area contributed by atoms with Crippen LogP contribution >= 0.6 is 46.4 Å². The summed E-state index contributed by atoms with van der Waals surface area (Å²) < 4.78 is 2.64. The minimum Gasteiger partial charge on any atom is -0.332 e. The molecule has 0 aliphatic heterocycles. The van der Waals surface area contributed by atoms with Gasteiger partial charge in [-0.2, -0.15) is 5.10 Å². The number of benzene rings is 1. The number of nitrogens with zero attached hydrogens (tertiary/aromatic N) is 2. The molecule has 0 radical (unpaired) electrons. The highest BCUT2D eigenvalue weighted by Crippen LogP contribution is 2.15. The van der Waals surface area contributed by atoms with Crippen LogP contribution in [0.4, 0.5) is 5.69 Å². The van der Waals surface area contributed by atoms with E-state index in [0.29, 0.717) is 17.3 Å². The van der Waals surface area contributed by atoms with Gasteiger partial charge in [0.25, 0.3) is 5.91 Å². The molecule has 21 heavy (non-hydrogen) atoms. The average molecular weight is 435 g/mol. The zero-order valence-corrected chi connectivity index (χ0v) is 14.8. The Labute approximate surface area is 146 Å². The first-order valence-corrected chi connectivity index (χ1v) is 7.97. The molecule has 2 N–H and O–H groups in total. The number of thiocarbonyl (C=S) groups is 1. The van der Waals surface area contributed by atoms with Crippen molar-refractivity contribution in [3.8, 4) is 0 Å². The molecule has 0 aliphatic rings. The van der Waals surface area contributed by atoms with E-state index in [-0.39, 0.29) is 11.0 Å². The molecule has 110 valence electrons. The topological polar surface area (TPSA) is 59.0 Å². The van der Waals surface area contributed by atoms with E-state index in [1.54, 1.807) is 0 Å². The lowest BCUT2D eigenvalue weighted by atomic mass is 10.3. The molecule has 1 amide bonds. The summed E-state index contributed by atoms with van der Waals surface area (Å²) in [5.74, 6) is -0.387. The lowest BCUT2D eigenvalue weighted by Crippen LogP contribution is -2.35. The second-order valence-corrected chi connectivity index (χ2v) is 6.13. The van der Waals surface area contributed by atoms with E-state index in [9.17, 15) is 4.79 Å². The lowest BCUT2D eigenvalue weighted by Gasteiger charge is -2.10. The number of rotatable bonds is 3. The van der Waals surface area contributed by atoms with Gasteiger partial charge in [0, 0.05) is 15.8 Å². The number of aryl methyl sites for hydroxylation is 1. The molecule has 0 spiro atoms. The standard InChI is InChI=1S/C13H12ClIN4OS/c1-2-19-11(10(14)7-16-19)12(20)18-13(21)17-9-5-3-8(15)4-6-9/h3-7H,2H2,1H3,(H2,17,18,20,21). The SMILES string of the molecule is CCn1ncc(Cl)c1C(=O)NC(=S)Nc1ccc(I)cc1. The van der Waals surface area contributed by atoms with E-state index in [2.05, 4.69) is 38.3 Å². The fraction of sp³-hybridized carbons (Fsp3) is 0.154. The Morgan fingerprint density at radius 3 is 2.71 bits per heavy atom. The number of anilines is 1. The Hall–Kier alpha value is -1.19. The summed E-state index contributed by atoms with van der Waals surface area (Å²) in [6.07, 6.45) is 1.44. The Kier molecular flexibility index (Phi) is 5.54. The second kappa shape index (κ2) is 7.19. The molecule has 0 bridgehead atoms. The molecule has 0 aliphatic carbocycles. The zero-order valence-electron chi connectivity index (χ0n) is 11.1. The van der Waals surface area contributed by atoms with Crippen LogP contribution in [0.5, 0.6) is 0 Å². The molecule has 0 fully saturated rings. The fourth-order valence-electron chi connectivity index (χ4n) is 1.69. The first-order chi connectivity index (χ1) is 10.0. The van der Waals surface area contributed by atoms with Crippen molar-refractivity contribution in [2.45, 2.75) is 13.5 Å². The summed E-state index contributed by atoms with van der Waals surface area (Å²) in [6, 6.07) is 7.64. The van der Waals surface area contributed by atoms with E-state index >= 15 is 0 Å². The van der Waals surface area contributed by atoms with Gasteiger partial charge >= 0.3 is 0 Å². The van der Waals surface area contributed by atoms with Gasteiger partial charge in [-0.15, -0.1) is 0 Å². The van der Waals surface area contributed by atoms with E-state index in [1.165, 1.54) is 10.9 Å². The number of halogens is 2. The van der Waals surface area contributed by atoms with Crippen molar-refractivity contribution in [3.05, 3.63) is 44.7 Å². The summed E-state index contributed by atoms with van der Waals surface area (Å²) in [7, 11) is 0. The first kappa shape index (κ1) is 16.2. The van der Waals surface area contributed by atoms with Crippen molar-refractivity contribution in [3.63, 3.8) is 0 Å². The summed E-state index contributed by atoms with van der Waals surface area (Å²) >= 11 is 13.3. The zero-order chi connectivity index (χ0) is 15.4. The maximum absolute atomic E-state index is 12.2. The lowest BCUT2D eigenvalue weighted by molar-refractivity contribution is 0.0967. The van der Waals surface area contributed by atoms with E-state index in [1.807, 2.05) is 31.2 Å². The molecule has 2 aromatic rings. The molecule has 0 atom stereocenters. The molecular weight excluding hydrogens is 423 g/mol. The highest BCUT2D eigenvalue weighted by atomic mass is 127. The van der Waals surface area contributed by atoms with Crippen LogP contribution in [0.15, 0.2) is 30.5 Å². The molecule has 0 unspecified atom stereocenters. The third kappa shape index (κ3) is 4.14. The summed E-state index contributed by atoms with van der Waals surface area (Å²) in [6.45, 7) is 2.43. The van der Waals surface area contributed by atoms with Crippen LogP contribution in [0, 0.1) is 3.57 Å². The van der Waals surface area contributed by atoms with Crippen molar-refractivity contribution < 1.29 is 4.79 Å². The van der Waals surface area contributed by atoms with Crippen molar-refractivity contribution in [1.82, 2.24) is 15.1 Å². The molecule has 1 heterocycles. The van der Waals surface area contributed by atoms with Crippen molar-refractivity contribution in [2.24, 2.45) is 0 Å². The van der Waals surface area contributed by atoms with Gasteiger partial charge in [0.2, 0.25) is 0 Å². The quantitative estimate of drug-likeness (QED) is 0.575. The first-order valence-electron chi connectivity index (χ1n) is 6.10. The van der Waals surface area contributed by atoms with Crippen LogP contribution in [-0.4, -0.2) is 20.8 Å². The minimum absolute atomic E-state index is 0.209. The van der Waals surface area contributed by atoms with E-state index in [0.717, 1.165) is 9.26 Å². The molecular formula is C13H12ClIN4OS. The number of hydrogen-bond donors (Lipinski definition) is 2. The van der Waals surface area contributed by atoms with Crippen LogP contribution in [0.2, 0.25) is 5.02 Å². The number of amides is 1. The molecule has 2 rings (SSSR count). The maximum Gasteiger partial charge on any atom is 0.277 e. The van der Waals surface area contributed by atoms with Crippen LogP contribution in [0.1, 0.15) is 17.4 Å². The monoisotopic (exact) mass is 434 g/mol. The van der Waals surface area contributed by atoms with Crippen LogP contribution in [0.25, 0.3) is 0 Å². The molecule has 1 aromatic heterocycles. The van der Waals surface area contributed by atoms with E-state index < -0.39 is 0 Å². The Morgan fingerprint density at radius 2 is 2.10 bits per heavy atom. The van der Waals surface area contributed by atoms with Gasteiger partial charge in [0.1, 0.15) is 5.69 Å². The molecule has 0 saturated heterocycles. The highest BCUT2D eigenvalue weighted by molar-refractivity contribution is 14.1. The number of carbonyl (C=O) groups is 1. The number of hydrogen-bond acceptors (Lipinski definition) is 3. The van der Waals surface area contributed by atoms with Crippen molar-refractivity contribution in [2.75, 3.05) is 5.32 Å². The Bertz CT molecular complexity index is 671. The second-order valence-electron chi connectivity index (χ2n) is 4.07. The normalized spacial score (nSPS) is 10.2. The van der Waals surface area contributed by atoms with Crippen molar-refractivity contribution >= 4 is 63.1 Å². The maximum atomic E-state index is 12.2. The minimum atomic E-state index is -0.387. The average Bonchev–Trinajstić information content (AvgIpc) is 2.82. The summed E-state index contributed by atoms with van der Waals surface area (Å²) in [5, 5.41) is 10.1. The van der Waals surface area contributed by atoms with Crippen LogP contribution in [-0.2, 0) is 6.54 Å². The predicted molar refractivity (Wildman–Crippen MR) is 95.8 cm³/mol. The fourth-order valence-corrected chi connectivity index (χ4v) is 2.48. The summed E-state index contributed by atoms with van der Waals surface area (Å²) in [5.41, 5.74) is 1.10. The predicted octanol–water partition coefficient (Wildman–Crippen LogP) is 3.29.